The van der Waals surface area contributed by atoms with Crippen LogP contribution in [0.5, 0.6) is 0 Å². The van der Waals surface area contributed by atoms with Crippen LogP contribution in [-0.2, 0) is 6.54 Å². The largest absolute Gasteiger partial charge is 0.381 e. The van der Waals surface area contributed by atoms with Crippen molar-refractivity contribution in [1.29, 1.82) is 0 Å². The fourth-order valence-electron chi connectivity index (χ4n) is 3.06. The first-order valence-corrected chi connectivity index (χ1v) is 8.54. The standard InChI is InChI=1S/C16H24N2S/c1-13-10-16(12-19-13)17-15-6-4-14(5-7-15)11-18-8-2-3-9-18/h4-7,13,16-17H,2-3,8-12H2,1H3. The summed E-state index contributed by atoms with van der Waals surface area (Å²) in [6.07, 6.45) is 4.04. The van der Waals surface area contributed by atoms with Crippen molar-refractivity contribution >= 4 is 17.4 Å². The van der Waals surface area contributed by atoms with Crippen LogP contribution in [0.2, 0.25) is 0 Å². The lowest BCUT2D eigenvalue weighted by Gasteiger charge is -2.16. The molecule has 2 heterocycles. The lowest BCUT2D eigenvalue weighted by Crippen LogP contribution is -2.19. The first kappa shape index (κ1) is 13.3. The predicted octanol–water partition coefficient (Wildman–Crippen LogP) is 3.59. The first-order valence-electron chi connectivity index (χ1n) is 7.49. The minimum Gasteiger partial charge on any atom is -0.381 e. The molecule has 0 aromatic heterocycles. The smallest absolute Gasteiger partial charge is 0.0362 e. The van der Waals surface area contributed by atoms with Gasteiger partial charge in [0, 0.05) is 29.3 Å². The summed E-state index contributed by atoms with van der Waals surface area (Å²) in [4.78, 5) is 2.55. The van der Waals surface area contributed by atoms with Gasteiger partial charge in [-0.2, -0.15) is 11.8 Å². The number of benzene rings is 1. The number of anilines is 1. The van der Waals surface area contributed by atoms with Crippen molar-refractivity contribution < 1.29 is 0 Å². The molecular formula is C16H24N2S. The molecule has 2 aliphatic heterocycles. The monoisotopic (exact) mass is 276 g/mol. The molecule has 1 aromatic carbocycles. The molecule has 2 aliphatic rings. The summed E-state index contributed by atoms with van der Waals surface area (Å²) < 4.78 is 0. The van der Waals surface area contributed by atoms with Gasteiger partial charge in [-0.25, -0.2) is 0 Å². The summed E-state index contributed by atoms with van der Waals surface area (Å²) in [5.41, 5.74) is 2.73. The summed E-state index contributed by atoms with van der Waals surface area (Å²) in [6, 6.07) is 9.72. The molecule has 104 valence electrons. The molecule has 0 aliphatic carbocycles. The minimum absolute atomic E-state index is 0.657. The summed E-state index contributed by atoms with van der Waals surface area (Å²) in [5.74, 6) is 1.25. The van der Waals surface area contributed by atoms with Crippen molar-refractivity contribution in [2.24, 2.45) is 0 Å². The third-order valence-electron chi connectivity index (χ3n) is 4.13. The van der Waals surface area contributed by atoms with Crippen LogP contribution < -0.4 is 5.32 Å². The molecule has 2 nitrogen and oxygen atoms in total. The maximum absolute atomic E-state index is 3.66. The van der Waals surface area contributed by atoms with Crippen molar-refractivity contribution in [1.82, 2.24) is 4.90 Å². The van der Waals surface area contributed by atoms with Crippen LogP contribution in [0.3, 0.4) is 0 Å². The lowest BCUT2D eigenvalue weighted by molar-refractivity contribution is 0.331. The van der Waals surface area contributed by atoms with Crippen molar-refractivity contribution in [3.05, 3.63) is 29.8 Å². The van der Waals surface area contributed by atoms with Gasteiger partial charge < -0.3 is 5.32 Å². The zero-order valence-corrected chi connectivity index (χ0v) is 12.6. The van der Waals surface area contributed by atoms with E-state index in [0.717, 1.165) is 11.8 Å². The van der Waals surface area contributed by atoms with Gasteiger partial charge in [0.25, 0.3) is 0 Å². The topological polar surface area (TPSA) is 15.3 Å². The van der Waals surface area contributed by atoms with Crippen LogP contribution >= 0.6 is 11.8 Å². The second kappa shape index (κ2) is 6.19. The van der Waals surface area contributed by atoms with Crippen molar-refractivity contribution in [2.75, 3.05) is 24.2 Å². The van der Waals surface area contributed by atoms with Gasteiger partial charge in [-0.15, -0.1) is 0 Å². The summed E-state index contributed by atoms with van der Waals surface area (Å²) in [7, 11) is 0. The van der Waals surface area contributed by atoms with Crippen molar-refractivity contribution in [3.63, 3.8) is 0 Å². The molecule has 2 unspecified atom stereocenters. The number of likely N-dealkylation sites (tertiary alicyclic amines) is 1. The van der Waals surface area contributed by atoms with E-state index in [2.05, 4.69) is 53.2 Å². The Bertz CT molecular complexity index is 398. The van der Waals surface area contributed by atoms with E-state index in [4.69, 9.17) is 0 Å². The number of hydrogen-bond acceptors (Lipinski definition) is 3. The molecule has 0 bridgehead atoms. The van der Waals surface area contributed by atoms with Gasteiger partial charge in [0.05, 0.1) is 0 Å². The van der Waals surface area contributed by atoms with Crippen molar-refractivity contribution in [3.8, 4) is 0 Å². The van der Waals surface area contributed by atoms with E-state index in [1.54, 1.807) is 0 Å². The molecule has 2 fully saturated rings. The number of nitrogens with one attached hydrogen (secondary N) is 1. The first-order chi connectivity index (χ1) is 9.29. The van der Waals surface area contributed by atoms with Gasteiger partial charge in [-0.1, -0.05) is 19.1 Å². The van der Waals surface area contributed by atoms with Gasteiger partial charge in [0.1, 0.15) is 0 Å². The van der Waals surface area contributed by atoms with E-state index in [9.17, 15) is 0 Å². The Balaban J connectivity index is 1.53. The highest BCUT2D eigenvalue weighted by Crippen LogP contribution is 2.28. The normalized spacial score (nSPS) is 27.8. The Hall–Kier alpha value is -0.670. The Kier molecular flexibility index (Phi) is 4.34. The Morgan fingerprint density at radius 2 is 1.95 bits per heavy atom. The number of nitrogens with zero attached hydrogens (tertiary/aromatic N) is 1. The van der Waals surface area contributed by atoms with E-state index >= 15 is 0 Å². The minimum atomic E-state index is 0.657. The zero-order valence-electron chi connectivity index (χ0n) is 11.8. The maximum Gasteiger partial charge on any atom is 0.0362 e. The van der Waals surface area contributed by atoms with Gasteiger partial charge in [0.2, 0.25) is 0 Å². The van der Waals surface area contributed by atoms with Gasteiger partial charge >= 0.3 is 0 Å². The molecular weight excluding hydrogens is 252 g/mol. The van der Waals surface area contributed by atoms with E-state index in [-0.39, 0.29) is 0 Å². The molecule has 0 amide bonds. The second-order valence-electron chi connectivity index (χ2n) is 5.90. The van der Waals surface area contributed by atoms with Gasteiger partial charge in [-0.05, 0) is 50.0 Å². The van der Waals surface area contributed by atoms with Crippen molar-refractivity contribution in [2.45, 2.75) is 44.0 Å². The Labute approximate surface area is 121 Å². The third-order valence-corrected chi connectivity index (χ3v) is 5.48. The van der Waals surface area contributed by atoms with Crippen LogP contribution in [0, 0.1) is 0 Å². The molecule has 2 atom stereocenters. The predicted molar refractivity (Wildman–Crippen MR) is 84.9 cm³/mol. The third kappa shape index (κ3) is 3.67. The van der Waals surface area contributed by atoms with E-state index < -0.39 is 0 Å². The highest BCUT2D eigenvalue weighted by atomic mass is 32.2. The van der Waals surface area contributed by atoms with Gasteiger partial charge in [0.15, 0.2) is 0 Å². The number of hydrogen-bond donors (Lipinski definition) is 1. The summed E-state index contributed by atoms with van der Waals surface area (Å²) >= 11 is 2.08. The van der Waals surface area contributed by atoms with E-state index in [1.165, 1.54) is 49.4 Å². The molecule has 1 N–H and O–H groups in total. The molecule has 19 heavy (non-hydrogen) atoms. The quantitative estimate of drug-likeness (QED) is 0.905. The van der Waals surface area contributed by atoms with Crippen LogP contribution in [0.25, 0.3) is 0 Å². The molecule has 1 aromatic rings. The molecule has 0 spiro atoms. The molecule has 2 saturated heterocycles. The zero-order chi connectivity index (χ0) is 13.1. The fourth-order valence-corrected chi connectivity index (χ4v) is 4.21. The summed E-state index contributed by atoms with van der Waals surface area (Å²) in [5, 5.41) is 4.47. The van der Waals surface area contributed by atoms with Crippen LogP contribution in [0.4, 0.5) is 5.69 Å². The average molecular weight is 276 g/mol. The molecule has 0 saturated carbocycles. The van der Waals surface area contributed by atoms with Gasteiger partial charge in [-0.3, -0.25) is 4.90 Å². The molecule has 3 rings (SSSR count). The fraction of sp³-hybridized carbons (Fsp3) is 0.625. The van der Waals surface area contributed by atoms with Crippen LogP contribution in [0.1, 0.15) is 31.7 Å². The second-order valence-corrected chi connectivity index (χ2v) is 7.37. The van der Waals surface area contributed by atoms with E-state index in [0.29, 0.717) is 6.04 Å². The molecule has 0 radical (unpaired) electrons. The van der Waals surface area contributed by atoms with Crippen LogP contribution in [-0.4, -0.2) is 35.0 Å². The summed E-state index contributed by atoms with van der Waals surface area (Å²) in [6.45, 7) is 6.00. The maximum atomic E-state index is 3.66. The Morgan fingerprint density at radius 3 is 2.58 bits per heavy atom. The lowest BCUT2D eigenvalue weighted by atomic mass is 10.1. The highest BCUT2D eigenvalue weighted by Gasteiger charge is 2.21. The highest BCUT2D eigenvalue weighted by molar-refractivity contribution is 8.00. The molecule has 3 heteroatoms. The van der Waals surface area contributed by atoms with E-state index in [1.807, 2.05) is 0 Å². The number of rotatable bonds is 4. The van der Waals surface area contributed by atoms with Crippen LogP contribution in [0.15, 0.2) is 24.3 Å². The Morgan fingerprint density at radius 1 is 1.21 bits per heavy atom. The SMILES string of the molecule is CC1CC(Nc2ccc(CN3CCCC3)cc2)CS1. The number of thioether (sulfide) groups is 1. The average Bonchev–Trinajstić information content (AvgIpc) is 3.04.